The molecule has 0 saturated heterocycles. The van der Waals surface area contributed by atoms with Crippen LogP contribution in [0.25, 0.3) is 10.9 Å². The Morgan fingerprint density at radius 2 is 1.59 bits per heavy atom. The number of benzene rings is 1. The van der Waals surface area contributed by atoms with Crippen LogP contribution in [0.15, 0.2) is 30.5 Å². The third kappa shape index (κ3) is 7.22. The van der Waals surface area contributed by atoms with Gasteiger partial charge >= 0.3 is 5.97 Å². The predicted molar refractivity (Wildman–Crippen MR) is 127 cm³/mol. The van der Waals surface area contributed by atoms with Gasteiger partial charge in [0.15, 0.2) is 0 Å². The third-order valence-electron chi connectivity index (χ3n) is 4.98. The Kier molecular flexibility index (Phi) is 9.45. The number of aromatic nitrogens is 1. The molecule has 0 fully saturated rings. The smallest absolute Gasteiger partial charge is 0.327 e. The fraction of sp³-hybridized carbons (Fsp3) is 0.381. The van der Waals surface area contributed by atoms with Gasteiger partial charge in [0.2, 0.25) is 23.6 Å². The van der Waals surface area contributed by atoms with Crippen LogP contribution in [0.4, 0.5) is 0 Å². The molecule has 0 aliphatic rings. The zero-order valence-corrected chi connectivity index (χ0v) is 19.3. The van der Waals surface area contributed by atoms with Crippen molar-refractivity contribution in [2.75, 3.05) is 5.75 Å². The van der Waals surface area contributed by atoms with Gasteiger partial charge in [0.25, 0.3) is 0 Å². The molecule has 9 N–H and O–H groups in total. The van der Waals surface area contributed by atoms with E-state index in [0.717, 1.165) is 16.5 Å². The lowest BCUT2D eigenvalue weighted by molar-refractivity contribution is -0.141. The van der Waals surface area contributed by atoms with Gasteiger partial charge < -0.3 is 37.5 Å². The topological polar surface area (TPSA) is 209 Å². The SMILES string of the molecule is CC(N)C(=O)NC(Cc1c[nH]c2ccccc12)C(=O)NC(CC(N)=O)C(=O)NC(CS)C(=O)O. The molecule has 184 valence electrons. The van der Waals surface area contributed by atoms with Gasteiger partial charge in [0.05, 0.1) is 12.5 Å². The van der Waals surface area contributed by atoms with Crippen LogP contribution in [0.3, 0.4) is 0 Å². The highest BCUT2D eigenvalue weighted by Crippen LogP contribution is 2.19. The van der Waals surface area contributed by atoms with Crippen molar-refractivity contribution in [3.05, 3.63) is 36.0 Å². The number of carbonyl (C=O) groups excluding carboxylic acids is 4. The van der Waals surface area contributed by atoms with Gasteiger partial charge in [-0.15, -0.1) is 0 Å². The van der Waals surface area contributed by atoms with E-state index in [-0.39, 0.29) is 12.2 Å². The highest BCUT2D eigenvalue weighted by Gasteiger charge is 2.31. The van der Waals surface area contributed by atoms with Crippen molar-refractivity contribution in [3.63, 3.8) is 0 Å². The van der Waals surface area contributed by atoms with Crippen LogP contribution in [0.5, 0.6) is 0 Å². The molecule has 0 aliphatic carbocycles. The van der Waals surface area contributed by atoms with Gasteiger partial charge in [-0.25, -0.2) is 4.79 Å². The number of hydrogen-bond donors (Lipinski definition) is 8. The molecule has 34 heavy (non-hydrogen) atoms. The number of nitrogens with one attached hydrogen (secondary N) is 4. The number of para-hydroxylation sites is 1. The van der Waals surface area contributed by atoms with Gasteiger partial charge in [-0.3, -0.25) is 19.2 Å². The second-order valence-electron chi connectivity index (χ2n) is 7.73. The lowest BCUT2D eigenvalue weighted by atomic mass is 10.0. The quantitative estimate of drug-likeness (QED) is 0.163. The molecule has 2 rings (SSSR count). The van der Waals surface area contributed by atoms with Crippen LogP contribution in [0.1, 0.15) is 18.9 Å². The normalized spacial score (nSPS) is 14.4. The fourth-order valence-electron chi connectivity index (χ4n) is 3.17. The standard InChI is InChI=1S/C21H28N6O6S/c1-10(22)18(29)25-14(6-11-8-24-13-5-3-2-4-12(11)13)19(30)26-15(7-17(23)28)20(31)27-16(9-34)21(32)33/h2-5,8,10,14-16,24,34H,6-7,9,22H2,1H3,(H2,23,28)(H,25,29)(H,26,30)(H,27,31)(H,32,33). The summed E-state index contributed by atoms with van der Waals surface area (Å²) in [7, 11) is 0. The van der Waals surface area contributed by atoms with E-state index in [0.29, 0.717) is 0 Å². The first kappa shape index (κ1) is 26.7. The molecule has 0 aliphatic heterocycles. The number of H-pyrrole nitrogens is 1. The number of aromatic amines is 1. The molecule has 0 radical (unpaired) electrons. The van der Waals surface area contributed by atoms with Crippen LogP contribution < -0.4 is 27.4 Å². The highest BCUT2D eigenvalue weighted by molar-refractivity contribution is 7.80. The van der Waals surface area contributed by atoms with Crippen molar-refractivity contribution >= 4 is 53.1 Å². The first-order chi connectivity index (χ1) is 16.0. The summed E-state index contributed by atoms with van der Waals surface area (Å²) in [6.07, 6.45) is 1.16. The molecule has 1 heterocycles. The zero-order valence-electron chi connectivity index (χ0n) is 18.4. The molecule has 4 amide bonds. The lowest BCUT2D eigenvalue weighted by Crippen LogP contribution is -2.58. The summed E-state index contributed by atoms with van der Waals surface area (Å²) in [6, 6.07) is 2.48. The maximum Gasteiger partial charge on any atom is 0.327 e. The van der Waals surface area contributed by atoms with E-state index in [1.54, 1.807) is 6.20 Å². The lowest BCUT2D eigenvalue weighted by Gasteiger charge is -2.24. The molecule has 4 unspecified atom stereocenters. The summed E-state index contributed by atoms with van der Waals surface area (Å²) in [5.41, 5.74) is 12.4. The maximum atomic E-state index is 13.1. The van der Waals surface area contributed by atoms with Crippen LogP contribution >= 0.6 is 12.6 Å². The van der Waals surface area contributed by atoms with Gasteiger partial charge in [-0.05, 0) is 18.6 Å². The second kappa shape index (κ2) is 12.0. The largest absolute Gasteiger partial charge is 0.480 e. The van der Waals surface area contributed by atoms with Crippen LogP contribution in [-0.4, -0.2) is 69.6 Å². The van der Waals surface area contributed by atoms with E-state index in [1.165, 1.54) is 6.92 Å². The van der Waals surface area contributed by atoms with Gasteiger partial charge in [-0.1, -0.05) is 18.2 Å². The average molecular weight is 493 g/mol. The summed E-state index contributed by atoms with van der Waals surface area (Å²) < 4.78 is 0. The van der Waals surface area contributed by atoms with Crippen molar-refractivity contribution < 1.29 is 29.1 Å². The summed E-state index contributed by atoms with van der Waals surface area (Å²) in [6.45, 7) is 1.45. The molecule has 0 spiro atoms. The number of aliphatic carboxylic acids is 1. The number of thiol groups is 1. The van der Waals surface area contributed by atoms with E-state index in [4.69, 9.17) is 16.6 Å². The third-order valence-corrected chi connectivity index (χ3v) is 5.35. The van der Waals surface area contributed by atoms with Crippen LogP contribution in [0.2, 0.25) is 0 Å². The number of hydrogen-bond acceptors (Lipinski definition) is 7. The Morgan fingerprint density at radius 3 is 2.18 bits per heavy atom. The zero-order chi connectivity index (χ0) is 25.4. The minimum Gasteiger partial charge on any atom is -0.480 e. The van der Waals surface area contributed by atoms with Crippen molar-refractivity contribution in [3.8, 4) is 0 Å². The molecule has 1 aromatic heterocycles. The second-order valence-corrected chi connectivity index (χ2v) is 8.09. The highest BCUT2D eigenvalue weighted by atomic mass is 32.1. The summed E-state index contributed by atoms with van der Waals surface area (Å²) in [5.74, 6) is -4.76. The Bertz CT molecular complexity index is 1070. The van der Waals surface area contributed by atoms with E-state index in [2.05, 4.69) is 33.6 Å². The number of carboxylic acid groups (broad SMARTS) is 1. The number of fused-ring (bicyclic) bond motifs is 1. The fourth-order valence-corrected chi connectivity index (χ4v) is 3.42. The van der Waals surface area contributed by atoms with Gasteiger partial charge in [0, 0.05) is 29.3 Å². The van der Waals surface area contributed by atoms with E-state index in [9.17, 15) is 24.0 Å². The Hall–Kier alpha value is -3.58. The first-order valence-corrected chi connectivity index (χ1v) is 11.0. The maximum absolute atomic E-state index is 13.1. The van der Waals surface area contributed by atoms with Gasteiger partial charge in [0.1, 0.15) is 18.1 Å². The van der Waals surface area contributed by atoms with Crippen LogP contribution in [-0.2, 0) is 30.4 Å². The summed E-state index contributed by atoms with van der Waals surface area (Å²) in [5, 5.41) is 17.1. The molecule has 13 heteroatoms. The molecular weight excluding hydrogens is 464 g/mol. The minimum absolute atomic E-state index is 0.0492. The van der Waals surface area contributed by atoms with Crippen molar-refractivity contribution in [1.29, 1.82) is 0 Å². The first-order valence-electron chi connectivity index (χ1n) is 10.4. The van der Waals surface area contributed by atoms with Gasteiger partial charge in [-0.2, -0.15) is 12.6 Å². The minimum atomic E-state index is -1.47. The number of carbonyl (C=O) groups is 5. The molecule has 1 aromatic carbocycles. The summed E-state index contributed by atoms with van der Waals surface area (Å²) >= 11 is 3.87. The number of amides is 4. The predicted octanol–water partition coefficient (Wildman–Crippen LogP) is -1.60. The average Bonchev–Trinajstić information content (AvgIpc) is 3.18. The van der Waals surface area contributed by atoms with Crippen LogP contribution in [0, 0.1) is 0 Å². The number of primary amides is 1. The molecule has 2 aromatic rings. The molecule has 12 nitrogen and oxygen atoms in total. The summed E-state index contributed by atoms with van der Waals surface area (Å²) in [4.78, 5) is 63.7. The Balaban J connectivity index is 2.27. The van der Waals surface area contributed by atoms with E-state index in [1.807, 2.05) is 24.3 Å². The Morgan fingerprint density at radius 1 is 1.00 bits per heavy atom. The van der Waals surface area contributed by atoms with Crippen molar-refractivity contribution in [1.82, 2.24) is 20.9 Å². The Labute approximate surface area is 200 Å². The monoisotopic (exact) mass is 492 g/mol. The molecule has 0 saturated carbocycles. The molecule has 0 bridgehead atoms. The number of rotatable bonds is 12. The number of nitrogens with two attached hydrogens (primary N) is 2. The molecular formula is C21H28N6O6S. The number of carboxylic acids is 1. The molecule has 4 atom stereocenters. The van der Waals surface area contributed by atoms with Crippen molar-refractivity contribution in [2.45, 2.75) is 43.9 Å². The van der Waals surface area contributed by atoms with Crippen molar-refractivity contribution in [2.24, 2.45) is 11.5 Å². The van der Waals surface area contributed by atoms with E-state index >= 15 is 0 Å². The van der Waals surface area contributed by atoms with E-state index < -0.39 is 60.2 Å².